The molecule has 102 valence electrons. The summed E-state index contributed by atoms with van der Waals surface area (Å²) >= 11 is 3.40. The molecule has 0 aliphatic rings. The van der Waals surface area contributed by atoms with Gasteiger partial charge in [-0.2, -0.15) is 0 Å². The second-order valence-electron chi connectivity index (χ2n) is 4.83. The van der Waals surface area contributed by atoms with E-state index in [1.165, 1.54) is 12.1 Å². The highest BCUT2D eigenvalue weighted by Crippen LogP contribution is 2.31. The Hall–Kier alpha value is -1.65. The number of furan rings is 1. The summed E-state index contributed by atoms with van der Waals surface area (Å²) in [5.74, 6) is 0.308. The Bertz CT molecular complexity index is 781. The Morgan fingerprint density at radius 1 is 1.15 bits per heavy atom. The van der Waals surface area contributed by atoms with Gasteiger partial charge in [-0.25, -0.2) is 4.39 Å². The molecule has 1 unspecified atom stereocenters. The zero-order valence-corrected chi connectivity index (χ0v) is 12.4. The first kappa shape index (κ1) is 13.3. The van der Waals surface area contributed by atoms with Crippen LogP contribution in [0.5, 0.6) is 0 Å². The fourth-order valence-electron chi connectivity index (χ4n) is 2.24. The number of benzene rings is 2. The molecule has 4 heteroatoms. The first-order chi connectivity index (χ1) is 9.54. The monoisotopic (exact) mass is 333 g/mol. The van der Waals surface area contributed by atoms with Crippen molar-refractivity contribution in [2.45, 2.75) is 13.0 Å². The Kier molecular flexibility index (Phi) is 3.36. The largest absolute Gasteiger partial charge is 0.459 e. The van der Waals surface area contributed by atoms with Gasteiger partial charge in [-0.15, -0.1) is 0 Å². The fourth-order valence-corrected chi connectivity index (χ4v) is 2.74. The summed E-state index contributed by atoms with van der Waals surface area (Å²) in [5, 5.41) is 1.00. The zero-order chi connectivity index (χ0) is 14.3. The van der Waals surface area contributed by atoms with E-state index in [1.54, 1.807) is 6.07 Å². The van der Waals surface area contributed by atoms with Gasteiger partial charge in [0, 0.05) is 9.86 Å². The zero-order valence-electron chi connectivity index (χ0n) is 10.9. The second kappa shape index (κ2) is 5.04. The Balaban J connectivity index is 2.07. The molecule has 0 spiro atoms. The smallest absolute Gasteiger partial charge is 0.134 e. The molecule has 3 rings (SSSR count). The van der Waals surface area contributed by atoms with Gasteiger partial charge in [0.05, 0.1) is 6.04 Å². The van der Waals surface area contributed by atoms with E-state index in [2.05, 4.69) is 15.9 Å². The number of hydrogen-bond acceptors (Lipinski definition) is 2. The SMILES string of the molecule is Cc1ccc2oc(C(N)c3cc(F)ccc3Br)cc2c1. The highest BCUT2D eigenvalue weighted by Gasteiger charge is 2.17. The van der Waals surface area contributed by atoms with Gasteiger partial charge in [0.1, 0.15) is 17.2 Å². The average Bonchev–Trinajstić information content (AvgIpc) is 2.83. The van der Waals surface area contributed by atoms with Crippen LogP contribution in [0, 0.1) is 12.7 Å². The van der Waals surface area contributed by atoms with Gasteiger partial charge < -0.3 is 10.2 Å². The number of halogens is 2. The van der Waals surface area contributed by atoms with E-state index < -0.39 is 6.04 Å². The van der Waals surface area contributed by atoms with Crippen LogP contribution >= 0.6 is 15.9 Å². The molecule has 0 fully saturated rings. The van der Waals surface area contributed by atoms with Gasteiger partial charge >= 0.3 is 0 Å². The average molecular weight is 334 g/mol. The lowest BCUT2D eigenvalue weighted by atomic mass is 10.0. The molecule has 0 amide bonds. The molecular formula is C16H13BrFNO. The minimum absolute atomic E-state index is 0.314. The van der Waals surface area contributed by atoms with E-state index in [9.17, 15) is 4.39 Å². The third-order valence-corrected chi connectivity index (χ3v) is 4.01. The maximum Gasteiger partial charge on any atom is 0.134 e. The molecule has 20 heavy (non-hydrogen) atoms. The van der Waals surface area contributed by atoms with Crippen molar-refractivity contribution in [3.8, 4) is 0 Å². The molecular weight excluding hydrogens is 321 g/mol. The molecule has 2 N–H and O–H groups in total. The maximum absolute atomic E-state index is 13.4. The quantitative estimate of drug-likeness (QED) is 0.738. The molecule has 1 heterocycles. The van der Waals surface area contributed by atoms with Crippen LogP contribution < -0.4 is 5.73 Å². The number of fused-ring (bicyclic) bond motifs is 1. The van der Waals surface area contributed by atoms with Gasteiger partial charge in [-0.3, -0.25) is 0 Å². The molecule has 0 saturated heterocycles. The number of rotatable bonds is 2. The lowest BCUT2D eigenvalue weighted by molar-refractivity contribution is 0.522. The predicted octanol–water partition coefficient (Wildman–Crippen LogP) is 4.69. The Morgan fingerprint density at radius 3 is 2.75 bits per heavy atom. The van der Waals surface area contributed by atoms with Gasteiger partial charge in [0.15, 0.2) is 0 Å². The van der Waals surface area contributed by atoms with Gasteiger partial charge in [-0.05, 0) is 48.9 Å². The molecule has 2 aromatic carbocycles. The highest BCUT2D eigenvalue weighted by atomic mass is 79.9. The Morgan fingerprint density at radius 2 is 1.95 bits per heavy atom. The third kappa shape index (κ3) is 2.37. The van der Waals surface area contributed by atoms with Crippen LogP contribution in [0.1, 0.15) is 22.9 Å². The van der Waals surface area contributed by atoms with E-state index in [0.29, 0.717) is 11.3 Å². The summed E-state index contributed by atoms with van der Waals surface area (Å²) < 4.78 is 19.9. The minimum atomic E-state index is -0.507. The molecule has 2 nitrogen and oxygen atoms in total. The lowest BCUT2D eigenvalue weighted by Crippen LogP contribution is -2.11. The summed E-state index contributed by atoms with van der Waals surface area (Å²) in [7, 11) is 0. The van der Waals surface area contributed by atoms with Crippen molar-refractivity contribution >= 4 is 26.9 Å². The molecule has 1 atom stereocenters. The van der Waals surface area contributed by atoms with E-state index in [1.807, 2.05) is 31.2 Å². The van der Waals surface area contributed by atoms with Crippen LogP contribution in [0.4, 0.5) is 4.39 Å². The van der Waals surface area contributed by atoms with Crippen molar-refractivity contribution in [1.82, 2.24) is 0 Å². The van der Waals surface area contributed by atoms with E-state index in [4.69, 9.17) is 10.2 Å². The normalized spacial score (nSPS) is 12.8. The third-order valence-electron chi connectivity index (χ3n) is 3.29. The summed E-state index contributed by atoms with van der Waals surface area (Å²) in [4.78, 5) is 0. The molecule has 1 aromatic heterocycles. The molecule has 0 radical (unpaired) electrons. The van der Waals surface area contributed by atoms with Crippen LogP contribution in [-0.2, 0) is 0 Å². The molecule has 0 aliphatic carbocycles. The van der Waals surface area contributed by atoms with Crippen LogP contribution in [0.15, 0.2) is 51.4 Å². The molecule has 0 saturated carbocycles. The summed E-state index contributed by atoms with van der Waals surface area (Å²) in [6.45, 7) is 2.02. The van der Waals surface area contributed by atoms with Gasteiger partial charge in [-0.1, -0.05) is 27.6 Å². The van der Waals surface area contributed by atoms with Gasteiger partial charge in [0.2, 0.25) is 0 Å². The first-order valence-corrected chi connectivity index (χ1v) is 7.04. The lowest BCUT2D eigenvalue weighted by Gasteiger charge is -2.11. The van der Waals surface area contributed by atoms with Crippen LogP contribution in [0.3, 0.4) is 0 Å². The minimum Gasteiger partial charge on any atom is -0.459 e. The highest BCUT2D eigenvalue weighted by molar-refractivity contribution is 9.10. The second-order valence-corrected chi connectivity index (χ2v) is 5.69. The summed E-state index contributed by atoms with van der Waals surface area (Å²) in [6.07, 6.45) is 0. The topological polar surface area (TPSA) is 39.2 Å². The first-order valence-electron chi connectivity index (χ1n) is 6.25. The number of aryl methyl sites for hydroxylation is 1. The molecule has 0 bridgehead atoms. The predicted molar refractivity (Wildman–Crippen MR) is 81.1 cm³/mol. The van der Waals surface area contributed by atoms with Crippen molar-refractivity contribution in [1.29, 1.82) is 0 Å². The van der Waals surface area contributed by atoms with Gasteiger partial charge in [0.25, 0.3) is 0 Å². The van der Waals surface area contributed by atoms with Crippen LogP contribution in [-0.4, -0.2) is 0 Å². The van der Waals surface area contributed by atoms with Crippen LogP contribution in [0.25, 0.3) is 11.0 Å². The standard InChI is InChI=1S/C16H13BrFNO/c1-9-2-5-14-10(6-9)7-15(20-14)16(19)12-8-11(18)3-4-13(12)17/h2-8,16H,19H2,1H3. The summed E-state index contributed by atoms with van der Waals surface area (Å²) in [5.41, 5.74) is 8.81. The molecule has 3 aromatic rings. The van der Waals surface area contributed by atoms with Crippen molar-refractivity contribution in [2.75, 3.05) is 0 Å². The van der Waals surface area contributed by atoms with Crippen molar-refractivity contribution in [3.63, 3.8) is 0 Å². The van der Waals surface area contributed by atoms with Crippen molar-refractivity contribution in [3.05, 3.63) is 69.6 Å². The summed E-state index contributed by atoms with van der Waals surface area (Å²) in [6, 6.07) is 11.8. The van der Waals surface area contributed by atoms with Crippen molar-refractivity contribution in [2.24, 2.45) is 5.73 Å². The number of hydrogen-bond donors (Lipinski definition) is 1. The maximum atomic E-state index is 13.4. The van der Waals surface area contributed by atoms with Crippen LogP contribution in [0.2, 0.25) is 0 Å². The molecule has 0 aliphatic heterocycles. The number of nitrogens with two attached hydrogens (primary N) is 1. The van der Waals surface area contributed by atoms with Crippen molar-refractivity contribution < 1.29 is 8.81 Å². The Labute approximate surface area is 124 Å². The van der Waals surface area contributed by atoms with E-state index in [-0.39, 0.29) is 5.82 Å². The van der Waals surface area contributed by atoms with E-state index in [0.717, 1.165) is 21.0 Å². The van der Waals surface area contributed by atoms with E-state index >= 15 is 0 Å². The fraction of sp³-hybridized carbons (Fsp3) is 0.125.